The van der Waals surface area contributed by atoms with Gasteiger partial charge in [0.15, 0.2) is 35.6 Å². The number of rotatable bonds is 2. The van der Waals surface area contributed by atoms with Gasteiger partial charge in [0, 0.05) is 0 Å². The molecule has 88 valence electrons. The highest BCUT2D eigenvalue weighted by Gasteiger charge is 2.49. The van der Waals surface area contributed by atoms with Crippen LogP contribution in [-0.2, 0) is 0 Å². The van der Waals surface area contributed by atoms with Crippen molar-refractivity contribution in [2.24, 2.45) is 0 Å². The summed E-state index contributed by atoms with van der Waals surface area (Å²) in [4.78, 5) is 0. The molecule has 0 amide bonds. The fraction of sp³-hybridized carbons (Fsp3) is 1.00. The van der Waals surface area contributed by atoms with Crippen LogP contribution in [-0.4, -0.2) is 11.3 Å². The summed E-state index contributed by atoms with van der Waals surface area (Å²) in [5.41, 5.74) is 1.96. The normalized spacial score (nSPS) is 26.8. The molecule has 0 bridgehead atoms. The summed E-state index contributed by atoms with van der Waals surface area (Å²) in [5, 5.41) is 0. The molecule has 0 atom stereocenters. The Balaban J connectivity index is 1.96. The first-order valence-corrected chi connectivity index (χ1v) is 12.5. The van der Waals surface area contributed by atoms with Crippen LogP contribution in [0.5, 0.6) is 0 Å². The number of halogens is 2. The van der Waals surface area contributed by atoms with Crippen molar-refractivity contribution in [2.75, 3.05) is 0 Å². The molecule has 0 aliphatic heterocycles. The van der Waals surface area contributed by atoms with Gasteiger partial charge >= 0.3 is 0 Å². The molecule has 0 aromatic rings. The van der Waals surface area contributed by atoms with E-state index in [1.54, 1.807) is 0 Å². The van der Waals surface area contributed by atoms with E-state index >= 15 is 0 Å². The Labute approximate surface area is 111 Å². The highest BCUT2D eigenvalue weighted by molar-refractivity contribution is 9.73. The van der Waals surface area contributed by atoms with E-state index in [2.05, 4.69) is 31.0 Å². The first kappa shape index (κ1) is 12.8. The zero-order valence-corrected chi connectivity index (χ0v) is 13.5. The minimum absolute atomic E-state index is 0.968. The van der Waals surface area contributed by atoms with Crippen LogP contribution in [0.4, 0.5) is 0 Å². The summed E-state index contributed by atoms with van der Waals surface area (Å²) in [7, 11) is 0. The van der Waals surface area contributed by atoms with E-state index in [0.717, 1.165) is 11.3 Å². The summed E-state index contributed by atoms with van der Waals surface area (Å²) >= 11 is 8.27. The van der Waals surface area contributed by atoms with Crippen molar-refractivity contribution in [1.29, 1.82) is 0 Å². The molecule has 0 saturated heterocycles. The van der Waals surface area contributed by atoms with Crippen molar-refractivity contribution >= 4 is 35.6 Å². The van der Waals surface area contributed by atoms with Gasteiger partial charge in [-0.15, -0.1) is 0 Å². The molecule has 2 aliphatic rings. The van der Waals surface area contributed by atoms with Gasteiger partial charge in [0.2, 0.25) is 0 Å². The molecule has 3 heteroatoms. The predicted octanol–water partition coefficient (Wildman–Crippen LogP) is 6.29. The lowest BCUT2D eigenvalue weighted by molar-refractivity contribution is 0.488. The van der Waals surface area contributed by atoms with E-state index in [1.807, 2.05) is 0 Å². The second-order valence-electron chi connectivity index (χ2n) is 5.19. The summed E-state index contributed by atoms with van der Waals surface area (Å²) in [6.07, 6.45) is 14.7. The van der Waals surface area contributed by atoms with Crippen LogP contribution >= 0.6 is 35.6 Å². The molecule has 2 saturated carbocycles. The number of hydrogen-bond donors (Lipinski definition) is 0. The van der Waals surface area contributed by atoms with Gasteiger partial charge in [0.25, 0.3) is 0 Å². The van der Waals surface area contributed by atoms with Gasteiger partial charge in [-0.3, -0.25) is 0 Å². The third-order valence-corrected chi connectivity index (χ3v) is 14.1. The zero-order chi connectivity index (χ0) is 10.7. The van der Waals surface area contributed by atoms with Crippen molar-refractivity contribution < 1.29 is 0 Å². The topological polar surface area (TPSA) is 0 Å². The van der Waals surface area contributed by atoms with Gasteiger partial charge in [-0.25, -0.2) is 0 Å². The lowest BCUT2D eigenvalue weighted by Gasteiger charge is -2.33. The SMILES string of the molecule is Br[P+](Br)(C1CCCCC1)C1CCCCC1. The van der Waals surface area contributed by atoms with E-state index in [0.29, 0.717) is 0 Å². The molecule has 0 radical (unpaired) electrons. The third-order valence-electron chi connectivity index (χ3n) is 4.12. The van der Waals surface area contributed by atoms with Crippen molar-refractivity contribution in [2.45, 2.75) is 75.5 Å². The Bertz CT molecular complexity index is 174. The first-order valence-electron chi connectivity index (χ1n) is 6.49. The molecule has 0 heterocycles. The van der Waals surface area contributed by atoms with E-state index in [9.17, 15) is 0 Å². The zero-order valence-electron chi connectivity index (χ0n) is 9.43. The van der Waals surface area contributed by atoms with Crippen LogP contribution in [0.15, 0.2) is 0 Å². The molecule has 0 aromatic carbocycles. The van der Waals surface area contributed by atoms with Crippen molar-refractivity contribution in [3.05, 3.63) is 0 Å². The maximum absolute atomic E-state index is 4.13. The van der Waals surface area contributed by atoms with E-state index in [1.165, 1.54) is 64.2 Å². The average Bonchev–Trinajstić information content (AvgIpc) is 2.31. The second kappa shape index (κ2) is 5.83. The van der Waals surface area contributed by atoms with Gasteiger partial charge in [-0.05, 0) is 51.4 Å². The Kier molecular flexibility index (Phi) is 4.99. The van der Waals surface area contributed by atoms with Gasteiger partial charge in [0.05, 0.1) is 11.3 Å². The van der Waals surface area contributed by atoms with Crippen LogP contribution in [0, 0.1) is 0 Å². The molecular formula is C12H22Br2P+. The quantitative estimate of drug-likeness (QED) is 0.510. The molecule has 0 nitrogen and oxygen atoms in total. The van der Waals surface area contributed by atoms with Crippen LogP contribution in [0.1, 0.15) is 64.2 Å². The maximum Gasteiger partial charge on any atom is 0.159 e. The fourth-order valence-corrected chi connectivity index (χ4v) is 10.8. The second-order valence-corrected chi connectivity index (χ2v) is 17.8. The predicted molar refractivity (Wildman–Crippen MR) is 78.5 cm³/mol. The molecule has 0 N–H and O–H groups in total. The lowest BCUT2D eigenvalue weighted by Crippen LogP contribution is -2.21. The fourth-order valence-electron chi connectivity index (χ4n) is 3.15. The molecule has 2 fully saturated rings. The molecule has 0 spiro atoms. The Morgan fingerprint density at radius 1 is 0.600 bits per heavy atom. The molecule has 0 aromatic heterocycles. The van der Waals surface area contributed by atoms with Gasteiger partial charge in [-0.1, -0.05) is 12.8 Å². The van der Waals surface area contributed by atoms with Crippen molar-refractivity contribution in [3.8, 4) is 0 Å². The molecule has 15 heavy (non-hydrogen) atoms. The largest absolute Gasteiger partial charge is 0.159 e. The standard InChI is InChI=1S/C12H22Br2P/c13-15(14,11-7-3-1-4-8-11)12-9-5-2-6-10-12/h11-12H,1-10H2/q+1. The Morgan fingerprint density at radius 2 is 0.933 bits per heavy atom. The highest BCUT2D eigenvalue weighted by Crippen LogP contribution is 2.83. The van der Waals surface area contributed by atoms with Crippen molar-refractivity contribution in [3.63, 3.8) is 0 Å². The molecular weight excluding hydrogens is 335 g/mol. The Morgan fingerprint density at radius 3 is 1.27 bits per heavy atom. The van der Waals surface area contributed by atoms with Crippen molar-refractivity contribution in [1.82, 2.24) is 0 Å². The first-order chi connectivity index (χ1) is 7.21. The summed E-state index contributed by atoms with van der Waals surface area (Å²) < 4.78 is -0.968. The Hall–Kier alpha value is 1.39. The van der Waals surface area contributed by atoms with Crippen LogP contribution in [0.25, 0.3) is 0 Å². The van der Waals surface area contributed by atoms with E-state index < -0.39 is 4.67 Å². The van der Waals surface area contributed by atoms with E-state index in [-0.39, 0.29) is 0 Å². The van der Waals surface area contributed by atoms with Crippen LogP contribution in [0.3, 0.4) is 0 Å². The van der Waals surface area contributed by atoms with Crippen LogP contribution < -0.4 is 0 Å². The lowest BCUT2D eigenvalue weighted by atomic mass is 10.00. The molecule has 2 aliphatic carbocycles. The summed E-state index contributed by atoms with van der Waals surface area (Å²) in [6.45, 7) is 0. The summed E-state index contributed by atoms with van der Waals surface area (Å²) in [6, 6.07) is 0. The molecule has 0 unspecified atom stereocenters. The van der Waals surface area contributed by atoms with Gasteiger partial charge in [0.1, 0.15) is 0 Å². The molecule has 2 rings (SSSR count). The smallest absolute Gasteiger partial charge is 0.0530 e. The number of hydrogen-bond acceptors (Lipinski definition) is 0. The highest BCUT2D eigenvalue weighted by atomic mass is 79.9. The minimum Gasteiger partial charge on any atom is -0.0530 e. The third kappa shape index (κ3) is 3.19. The average molecular weight is 357 g/mol. The maximum atomic E-state index is 4.13. The van der Waals surface area contributed by atoms with Crippen LogP contribution in [0.2, 0.25) is 0 Å². The van der Waals surface area contributed by atoms with E-state index in [4.69, 9.17) is 0 Å². The minimum atomic E-state index is -0.968. The van der Waals surface area contributed by atoms with Gasteiger partial charge < -0.3 is 0 Å². The van der Waals surface area contributed by atoms with Gasteiger partial charge in [-0.2, -0.15) is 0 Å². The summed E-state index contributed by atoms with van der Waals surface area (Å²) in [5.74, 6) is 0. The monoisotopic (exact) mass is 355 g/mol.